The maximum Gasteiger partial charge on any atom is 0.0936 e. The zero-order valence-corrected chi connectivity index (χ0v) is 13.4. The summed E-state index contributed by atoms with van der Waals surface area (Å²) in [5.41, 5.74) is 2.12. The number of likely N-dealkylation sites (N-methyl/N-ethyl adjacent to an activating group) is 1. The number of hydrogen-bond acceptors (Lipinski definition) is 4. The Hall–Kier alpha value is -1.40. The first-order valence-corrected chi connectivity index (χ1v) is 7.76. The first kappa shape index (κ1) is 15.5. The SMILES string of the molecule is CN(Cc1cnn(-c2cccc(Cl)c2)c1)C[C@H]1COCCO1. The highest BCUT2D eigenvalue weighted by molar-refractivity contribution is 6.30. The number of aromatic nitrogens is 2. The number of halogens is 1. The third-order valence-corrected chi connectivity index (χ3v) is 3.80. The summed E-state index contributed by atoms with van der Waals surface area (Å²) in [7, 11) is 2.08. The van der Waals surface area contributed by atoms with Gasteiger partial charge in [-0.2, -0.15) is 5.10 Å². The molecule has 0 spiro atoms. The smallest absolute Gasteiger partial charge is 0.0936 e. The summed E-state index contributed by atoms with van der Waals surface area (Å²) in [4.78, 5) is 2.22. The van der Waals surface area contributed by atoms with Crippen LogP contribution in [0.25, 0.3) is 5.69 Å². The zero-order chi connectivity index (χ0) is 15.4. The van der Waals surface area contributed by atoms with Crippen molar-refractivity contribution < 1.29 is 9.47 Å². The molecule has 3 rings (SSSR count). The first-order valence-electron chi connectivity index (χ1n) is 7.38. The van der Waals surface area contributed by atoms with Gasteiger partial charge in [-0.1, -0.05) is 17.7 Å². The Kier molecular flexibility index (Phi) is 5.10. The Morgan fingerprint density at radius 1 is 1.41 bits per heavy atom. The van der Waals surface area contributed by atoms with Crippen LogP contribution in [0.2, 0.25) is 5.02 Å². The van der Waals surface area contributed by atoms with Gasteiger partial charge in [0.15, 0.2) is 0 Å². The molecule has 118 valence electrons. The Balaban J connectivity index is 1.59. The number of ether oxygens (including phenoxy) is 2. The second-order valence-electron chi connectivity index (χ2n) is 5.54. The van der Waals surface area contributed by atoms with Gasteiger partial charge < -0.3 is 9.47 Å². The molecule has 22 heavy (non-hydrogen) atoms. The molecular formula is C16H20ClN3O2. The molecule has 0 aliphatic carbocycles. The van der Waals surface area contributed by atoms with Gasteiger partial charge in [-0.3, -0.25) is 4.90 Å². The van der Waals surface area contributed by atoms with Crippen molar-refractivity contribution in [2.45, 2.75) is 12.6 Å². The van der Waals surface area contributed by atoms with E-state index in [1.54, 1.807) is 0 Å². The van der Waals surface area contributed by atoms with Crippen molar-refractivity contribution in [1.82, 2.24) is 14.7 Å². The van der Waals surface area contributed by atoms with Gasteiger partial charge >= 0.3 is 0 Å². The molecule has 1 aromatic heterocycles. The lowest BCUT2D eigenvalue weighted by Crippen LogP contribution is -2.38. The van der Waals surface area contributed by atoms with Gasteiger partial charge in [-0.15, -0.1) is 0 Å². The Labute approximate surface area is 135 Å². The van der Waals surface area contributed by atoms with Crippen LogP contribution in [-0.2, 0) is 16.0 Å². The summed E-state index contributed by atoms with van der Waals surface area (Å²) in [6.07, 6.45) is 4.07. The highest BCUT2D eigenvalue weighted by Crippen LogP contribution is 2.15. The molecule has 1 aliphatic heterocycles. The van der Waals surface area contributed by atoms with Crippen molar-refractivity contribution in [2.75, 3.05) is 33.4 Å². The standard InChI is InChI=1S/C16H20ClN3O2/c1-19(11-16-12-21-5-6-22-16)9-13-8-18-20(10-13)15-4-2-3-14(17)7-15/h2-4,7-8,10,16H,5-6,9,11-12H2,1H3/t16-/m0/s1. The Morgan fingerprint density at radius 3 is 3.09 bits per heavy atom. The van der Waals surface area contributed by atoms with Crippen LogP contribution in [0.5, 0.6) is 0 Å². The van der Waals surface area contributed by atoms with Gasteiger partial charge in [0.2, 0.25) is 0 Å². The van der Waals surface area contributed by atoms with Crippen LogP contribution in [0.15, 0.2) is 36.7 Å². The van der Waals surface area contributed by atoms with Crippen LogP contribution in [0.1, 0.15) is 5.56 Å². The van der Waals surface area contributed by atoms with E-state index in [0.717, 1.165) is 24.3 Å². The van der Waals surface area contributed by atoms with Gasteiger partial charge in [0.05, 0.1) is 37.8 Å². The Morgan fingerprint density at radius 2 is 2.32 bits per heavy atom. The average Bonchev–Trinajstić information content (AvgIpc) is 2.96. The van der Waals surface area contributed by atoms with Crippen molar-refractivity contribution in [3.63, 3.8) is 0 Å². The third-order valence-electron chi connectivity index (χ3n) is 3.56. The van der Waals surface area contributed by atoms with Crippen LogP contribution in [0.4, 0.5) is 0 Å². The number of nitrogens with zero attached hydrogens (tertiary/aromatic N) is 3. The van der Waals surface area contributed by atoms with Crippen LogP contribution >= 0.6 is 11.6 Å². The van der Waals surface area contributed by atoms with Crippen molar-refractivity contribution in [3.05, 3.63) is 47.2 Å². The molecule has 0 radical (unpaired) electrons. The summed E-state index contributed by atoms with van der Waals surface area (Å²) in [6, 6.07) is 7.66. The lowest BCUT2D eigenvalue weighted by Gasteiger charge is -2.27. The molecule has 0 bridgehead atoms. The molecule has 0 saturated carbocycles. The predicted molar refractivity (Wildman–Crippen MR) is 85.5 cm³/mol. The molecule has 0 N–H and O–H groups in total. The van der Waals surface area contributed by atoms with Gasteiger partial charge in [0.25, 0.3) is 0 Å². The number of rotatable bonds is 5. The molecule has 1 aromatic carbocycles. The summed E-state index contributed by atoms with van der Waals surface area (Å²) in [5, 5.41) is 5.11. The quantitative estimate of drug-likeness (QED) is 0.847. The fourth-order valence-corrected chi connectivity index (χ4v) is 2.75. The fraction of sp³-hybridized carbons (Fsp3) is 0.438. The lowest BCUT2D eigenvalue weighted by molar-refractivity contribution is -0.0962. The monoisotopic (exact) mass is 321 g/mol. The molecular weight excluding hydrogens is 302 g/mol. The minimum atomic E-state index is 0.154. The van der Waals surface area contributed by atoms with Crippen molar-refractivity contribution in [1.29, 1.82) is 0 Å². The van der Waals surface area contributed by atoms with Gasteiger partial charge in [0, 0.05) is 29.9 Å². The van der Waals surface area contributed by atoms with E-state index in [0.29, 0.717) is 24.8 Å². The second kappa shape index (κ2) is 7.24. The van der Waals surface area contributed by atoms with Gasteiger partial charge in [-0.05, 0) is 25.2 Å². The van der Waals surface area contributed by atoms with E-state index in [1.807, 2.05) is 41.3 Å². The van der Waals surface area contributed by atoms with E-state index in [2.05, 4.69) is 17.0 Å². The van der Waals surface area contributed by atoms with Crippen molar-refractivity contribution in [3.8, 4) is 5.69 Å². The van der Waals surface area contributed by atoms with Crippen LogP contribution < -0.4 is 0 Å². The highest BCUT2D eigenvalue weighted by atomic mass is 35.5. The lowest BCUT2D eigenvalue weighted by atomic mass is 10.3. The van der Waals surface area contributed by atoms with Gasteiger partial charge in [0.1, 0.15) is 0 Å². The minimum Gasteiger partial charge on any atom is -0.376 e. The van der Waals surface area contributed by atoms with Crippen LogP contribution in [0, 0.1) is 0 Å². The van der Waals surface area contributed by atoms with E-state index in [4.69, 9.17) is 21.1 Å². The maximum atomic E-state index is 6.02. The van der Waals surface area contributed by atoms with E-state index >= 15 is 0 Å². The average molecular weight is 322 g/mol. The normalized spacial score (nSPS) is 18.8. The molecule has 1 atom stereocenters. The zero-order valence-electron chi connectivity index (χ0n) is 12.6. The second-order valence-corrected chi connectivity index (χ2v) is 5.97. The molecule has 2 aromatic rings. The first-order chi connectivity index (χ1) is 10.7. The summed E-state index contributed by atoms with van der Waals surface area (Å²) >= 11 is 6.02. The fourth-order valence-electron chi connectivity index (χ4n) is 2.57. The summed E-state index contributed by atoms with van der Waals surface area (Å²) in [6.45, 7) is 3.73. The van der Waals surface area contributed by atoms with Gasteiger partial charge in [-0.25, -0.2) is 4.68 Å². The van der Waals surface area contributed by atoms with E-state index in [9.17, 15) is 0 Å². The van der Waals surface area contributed by atoms with E-state index < -0.39 is 0 Å². The van der Waals surface area contributed by atoms with Crippen molar-refractivity contribution >= 4 is 11.6 Å². The third kappa shape index (κ3) is 4.08. The maximum absolute atomic E-state index is 6.02. The Bertz CT molecular complexity index is 611. The topological polar surface area (TPSA) is 39.5 Å². The molecule has 0 unspecified atom stereocenters. The molecule has 6 heteroatoms. The molecule has 5 nitrogen and oxygen atoms in total. The highest BCUT2D eigenvalue weighted by Gasteiger charge is 2.16. The molecule has 0 amide bonds. The largest absolute Gasteiger partial charge is 0.376 e. The number of hydrogen-bond donors (Lipinski definition) is 0. The number of benzene rings is 1. The predicted octanol–water partition coefficient (Wildman–Crippen LogP) is 2.37. The van der Waals surface area contributed by atoms with Crippen LogP contribution in [0.3, 0.4) is 0 Å². The summed E-state index contributed by atoms with van der Waals surface area (Å²) < 4.78 is 12.9. The minimum absolute atomic E-state index is 0.154. The van der Waals surface area contributed by atoms with Crippen LogP contribution in [-0.4, -0.2) is 54.2 Å². The molecule has 1 saturated heterocycles. The van der Waals surface area contributed by atoms with E-state index in [-0.39, 0.29) is 6.10 Å². The van der Waals surface area contributed by atoms with Crippen molar-refractivity contribution in [2.24, 2.45) is 0 Å². The molecule has 1 aliphatic rings. The van der Waals surface area contributed by atoms with E-state index in [1.165, 1.54) is 0 Å². The summed E-state index contributed by atoms with van der Waals surface area (Å²) in [5.74, 6) is 0. The molecule has 2 heterocycles. The molecule has 1 fully saturated rings.